The fourth-order valence-electron chi connectivity index (χ4n) is 1.82. The predicted octanol–water partition coefficient (Wildman–Crippen LogP) is 0.978. The maximum absolute atomic E-state index is 11.9. The van der Waals surface area contributed by atoms with Gasteiger partial charge in [-0.25, -0.2) is 13.1 Å². The van der Waals surface area contributed by atoms with Crippen LogP contribution in [0.4, 0.5) is 0 Å². The molecule has 0 radical (unpaired) electrons. The molecule has 0 aromatic carbocycles. The van der Waals surface area contributed by atoms with Crippen LogP contribution in [0.2, 0.25) is 0 Å². The first-order chi connectivity index (χ1) is 7.59. The quantitative estimate of drug-likeness (QED) is 0.866. The molecule has 1 aromatic rings. The standard InChI is InChI=1S/C10H16N2O3S.ClH/c1-8-4-5-11-7-9(8)12-16(13,14)10-3-2-6-15-10;/h2-3,6,8-9,11-12H,4-5,7H2,1H3;1H. The van der Waals surface area contributed by atoms with Crippen molar-refractivity contribution in [3.05, 3.63) is 18.4 Å². The molecule has 98 valence electrons. The third-order valence-corrected chi connectivity index (χ3v) is 4.27. The van der Waals surface area contributed by atoms with E-state index < -0.39 is 10.0 Å². The normalized spacial score (nSPS) is 25.2. The van der Waals surface area contributed by atoms with E-state index in [-0.39, 0.29) is 23.5 Å². The summed E-state index contributed by atoms with van der Waals surface area (Å²) in [7, 11) is -3.51. The molecule has 1 aromatic heterocycles. The van der Waals surface area contributed by atoms with E-state index in [4.69, 9.17) is 4.42 Å². The summed E-state index contributed by atoms with van der Waals surface area (Å²) in [5.74, 6) is 0.339. The maximum Gasteiger partial charge on any atom is 0.274 e. The minimum atomic E-state index is -3.51. The van der Waals surface area contributed by atoms with E-state index in [1.165, 1.54) is 12.3 Å². The number of furan rings is 1. The molecule has 1 saturated heterocycles. The van der Waals surface area contributed by atoms with Crippen molar-refractivity contribution in [2.45, 2.75) is 24.5 Å². The Balaban J connectivity index is 0.00000144. The molecule has 17 heavy (non-hydrogen) atoms. The summed E-state index contributed by atoms with van der Waals surface area (Å²) < 4.78 is 31.3. The van der Waals surface area contributed by atoms with Crippen LogP contribution in [-0.4, -0.2) is 27.5 Å². The van der Waals surface area contributed by atoms with E-state index in [1.54, 1.807) is 6.07 Å². The Kier molecular flexibility index (Phi) is 5.00. The van der Waals surface area contributed by atoms with Gasteiger partial charge in [0.1, 0.15) is 0 Å². The zero-order chi connectivity index (χ0) is 11.6. The third kappa shape index (κ3) is 3.45. The lowest BCUT2D eigenvalue weighted by Gasteiger charge is -2.29. The number of sulfonamides is 1. The Labute approximate surface area is 107 Å². The van der Waals surface area contributed by atoms with Crippen LogP contribution in [0, 0.1) is 5.92 Å². The highest BCUT2D eigenvalue weighted by Crippen LogP contribution is 2.15. The molecule has 0 aliphatic carbocycles. The zero-order valence-electron chi connectivity index (χ0n) is 9.55. The molecule has 2 atom stereocenters. The molecule has 2 N–H and O–H groups in total. The van der Waals surface area contributed by atoms with Crippen LogP contribution in [0.25, 0.3) is 0 Å². The summed E-state index contributed by atoms with van der Waals surface area (Å²) in [4.78, 5) is 0. The topological polar surface area (TPSA) is 71.3 Å². The fraction of sp³-hybridized carbons (Fsp3) is 0.600. The van der Waals surface area contributed by atoms with Gasteiger partial charge in [0.2, 0.25) is 5.09 Å². The van der Waals surface area contributed by atoms with Crippen LogP contribution in [-0.2, 0) is 10.0 Å². The first-order valence-electron chi connectivity index (χ1n) is 5.36. The lowest BCUT2D eigenvalue weighted by atomic mass is 9.96. The summed E-state index contributed by atoms with van der Waals surface area (Å²) in [6.07, 6.45) is 2.34. The number of piperidine rings is 1. The van der Waals surface area contributed by atoms with Crippen LogP contribution in [0.15, 0.2) is 27.9 Å². The van der Waals surface area contributed by atoms with Crippen molar-refractivity contribution < 1.29 is 12.8 Å². The minimum Gasteiger partial charge on any atom is -0.452 e. The number of hydrogen-bond acceptors (Lipinski definition) is 4. The van der Waals surface area contributed by atoms with Crippen LogP contribution < -0.4 is 10.0 Å². The van der Waals surface area contributed by atoms with Crippen molar-refractivity contribution in [3.8, 4) is 0 Å². The largest absolute Gasteiger partial charge is 0.452 e. The number of rotatable bonds is 3. The average molecular weight is 281 g/mol. The van der Waals surface area contributed by atoms with Crippen molar-refractivity contribution in [2.24, 2.45) is 5.92 Å². The predicted molar refractivity (Wildman–Crippen MR) is 66.7 cm³/mol. The number of halogens is 1. The second kappa shape index (κ2) is 5.86. The van der Waals surface area contributed by atoms with Gasteiger partial charge in [-0.05, 0) is 31.0 Å². The Bertz CT molecular complexity index is 432. The lowest BCUT2D eigenvalue weighted by Crippen LogP contribution is -2.50. The smallest absolute Gasteiger partial charge is 0.274 e. The van der Waals surface area contributed by atoms with E-state index in [2.05, 4.69) is 17.0 Å². The maximum atomic E-state index is 11.9. The molecule has 1 fully saturated rings. The molecule has 7 heteroatoms. The van der Waals surface area contributed by atoms with Crippen LogP contribution in [0.3, 0.4) is 0 Å². The van der Waals surface area contributed by atoms with Crippen molar-refractivity contribution in [1.29, 1.82) is 0 Å². The van der Waals surface area contributed by atoms with Gasteiger partial charge >= 0.3 is 0 Å². The molecule has 2 heterocycles. The Hall–Kier alpha value is -0.560. The van der Waals surface area contributed by atoms with Crippen molar-refractivity contribution in [2.75, 3.05) is 13.1 Å². The van der Waals surface area contributed by atoms with Gasteiger partial charge in [-0.15, -0.1) is 12.4 Å². The van der Waals surface area contributed by atoms with Crippen LogP contribution in [0.5, 0.6) is 0 Å². The molecule has 5 nitrogen and oxygen atoms in total. The molecule has 1 aliphatic rings. The molecular weight excluding hydrogens is 264 g/mol. The molecule has 1 aliphatic heterocycles. The molecule has 2 unspecified atom stereocenters. The molecule has 0 saturated carbocycles. The molecular formula is C10H17ClN2O3S. The molecule has 0 spiro atoms. The van der Waals surface area contributed by atoms with E-state index in [0.29, 0.717) is 12.5 Å². The monoisotopic (exact) mass is 280 g/mol. The third-order valence-electron chi connectivity index (χ3n) is 2.89. The highest BCUT2D eigenvalue weighted by molar-refractivity contribution is 7.89. The van der Waals surface area contributed by atoms with Gasteiger partial charge in [-0.2, -0.15) is 0 Å². The summed E-state index contributed by atoms with van der Waals surface area (Å²) in [6.45, 7) is 3.66. The van der Waals surface area contributed by atoms with Crippen molar-refractivity contribution >= 4 is 22.4 Å². The summed E-state index contributed by atoms with van der Waals surface area (Å²) >= 11 is 0. The molecule has 2 rings (SSSR count). The van der Waals surface area contributed by atoms with Gasteiger partial charge in [0.25, 0.3) is 10.0 Å². The SMILES string of the molecule is CC1CCNCC1NS(=O)(=O)c1ccco1.Cl. The second-order valence-electron chi connectivity index (χ2n) is 4.13. The summed E-state index contributed by atoms with van der Waals surface area (Å²) in [5, 5.41) is 3.15. The van der Waals surface area contributed by atoms with Crippen LogP contribution >= 0.6 is 12.4 Å². The highest BCUT2D eigenvalue weighted by Gasteiger charge is 2.27. The van der Waals surface area contributed by atoms with Gasteiger partial charge in [0, 0.05) is 12.6 Å². The summed E-state index contributed by atoms with van der Waals surface area (Å²) in [6, 6.07) is 2.95. The second-order valence-corrected chi connectivity index (χ2v) is 5.77. The molecule has 0 bridgehead atoms. The average Bonchev–Trinajstić information content (AvgIpc) is 2.75. The minimum absolute atomic E-state index is 0. The van der Waals surface area contributed by atoms with Gasteiger partial charge in [0.15, 0.2) is 0 Å². The highest BCUT2D eigenvalue weighted by atomic mass is 35.5. The Morgan fingerprint density at radius 2 is 2.29 bits per heavy atom. The Morgan fingerprint density at radius 3 is 2.88 bits per heavy atom. The van der Waals surface area contributed by atoms with Gasteiger partial charge < -0.3 is 9.73 Å². The Morgan fingerprint density at radius 1 is 1.53 bits per heavy atom. The lowest BCUT2D eigenvalue weighted by molar-refractivity contribution is 0.324. The number of hydrogen-bond donors (Lipinski definition) is 2. The van der Waals surface area contributed by atoms with Gasteiger partial charge in [-0.3, -0.25) is 0 Å². The van der Waals surface area contributed by atoms with E-state index in [1.807, 2.05) is 0 Å². The van der Waals surface area contributed by atoms with Crippen molar-refractivity contribution in [3.63, 3.8) is 0 Å². The van der Waals surface area contributed by atoms with Crippen molar-refractivity contribution in [1.82, 2.24) is 10.0 Å². The first kappa shape index (κ1) is 14.5. The first-order valence-corrected chi connectivity index (χ1v) is 6.84. The summed E-state index contributed by atoms with van der Waals surface area (Å²) in [5.41, 5.74) is 0. The van der Waals surface area contributed by atoms with E-state index >= 15 is 0 Å². The molecule has 0 amide bonds. The van der Waals surface area contributed by atoms with Crippen LogP contribution in [0.1, 0.15) is 13.3 Å². The van der Waals surface area contributed by atoms with Gasteiger partial charge in [-0.1, -0.05) is 6.92 Å². The van der Waals surface area contributed by atoms with E-state index in [0.717, 1.165) is 13.0 Å². The fourth-order valence-corrected chi connectivity index (χ4v) is 3.09. The zero-order valence-corrected chi connectivity index (χ0v) is 11.2. The van der Waals surface area contributed by atoms with Gasteiger partial charge in [0.05, 0.1) is 6.26 Å². The number of nitrogens with one attached hydrogen (secondary N) is 2. The van der Waals surface area contributed by atoms with E-state index in [9.17, 15) is 8.42 Å².